The SMILES string of the molecule is CC(C(=O)O)c1ccc([C@@H](CO)NC(=O)c2cc3c(Cl)c(Cl)ccc3n2C)cc1.CCC(C(=O)O)c1ccc([C@@H](CO)NC(=O)c2cc3c(Cl)c(Cl)ccc3n2C)cc1.COc1cc2c(cc(C(=O)N[C@H](CO)c3ccc(C(=O)O)cc3Cl)n2C)c(Cl)c1C.COc1ccc2c(cc(C(=O)N[C@H](CO)c3ccc(C(=O)O)cc3F)n2C)c1Cl.S.S.S.S. The number of amides is 4. The first kappa shape index (κ1) is 103. The molecule has 26 nitrogen and oxygen atoms in total. The van der Waals surface area contributed by atoms with Crippen LogP contribution in [0.4, 0.5) is 4.39 Å². The van der Waals surface area contributed by atoms with Gasteiger partial charge in [-0.15, -0.1) is 0 Å². The number of rotatable bonds is 25. The minimum atomic E-state index is -1.28. The van der Waals surface area contributed by atoms with Crippen molar-refractivity contribution in [2.75, 3.05) is 40.6 Å². The summed E-state index contributed by atoms with van der Waals surface area (Å²) < 4.78 is 31.6. The monoisotopic (exact) mass is 1890 g/mol. The van der Waals surface area contributed by atoms with Crippen molar-refractivity contribution in [1.82, 2.24) is 39.5 Å². The zero-order valence-electron chi connectivity index (χ0n) is 66.4. The summed E-state index contributed by atoms with van der Waals surface area (Å²) in [6.07, 6.45) is 0.475. The van der Waals surface area contributed by atoms with Crippen LogP contribution in [0.15, 0.2) is 152 Å². The van der Waals surface area contributed by atoms with E-state index in [1.54, 1.807) is 176 Å². The van der Waals surface area contributed by atoms with Crippen LogP contribution < -0.4 is 30.7 Å². The van der Waals surface area contributed by atoms with E-state index in [4.69, 9.17) is 106 Å². The Morgan fingerprint density at radius 2 is 0.738 bits per heavy atom. The number of carboxylic acids is 4. The first-order chi connectivity index (χ1) is 56.0. The fourth-order valence-corrected chi connectivity index (χ4v) is 14.8. The Kier molecular flexibility index (Phi) is 38.2. The van der Waals surface area contributed by atoms with Crippen LogP contribution >= 0.6 is 135 Å². The number of aryl methyl sites for hydroxylation is 4. The van der Waals surface area contributed by atoms with E-state index in [1.807, 2.05) is 13.8 Å². The molecule has 0 aliphatic rings. The number of aliphatic hydroxyl groups is 4. The molecule has 4 aromatic heterocycles. The van der Waals surface area contributed by atoms with Crippen LogP contribution in [-0.2, 0) is 37.8 Å². The fourth-order valence-electron chi connectivity index (χ4n) is 13.2. The average molecular weight is 1890 g/mol. The number of ether oxygens (including phenoxy) is 2. The second kappa shape index (κ2) is 45.2. The second-order valence-electron chi connectivity index (χ2n) is 27.0. The Bertz CT molecular complexity index is 5880. The molecule has 0 radical (unpaired) electrons. The van der Waals surface area contributed by atoms with Crippen molar-refractivity contribution in [3.63, 3.8) is 0 Å². The molecule has 2 unspecified atom stereocenters. The number of carboxylic acid groups (broad SMARTS) is 4. The van der Waals surface area contributed by atoms with E-state index in [0.29, 0.717) is 120 Å². The van der Waals surface area contributed by atoms with Gasteiger partial charge in [-0.05, 0) is 133 Å². The Hall–Kier alpha value is -9.52. The number of hydrogen-bond donors (Lipinski definition) is 12. The molecule has 12 rings (SSSR count). The molecule has 12 N–H and O–H groups in total. The zero-order chi connectivity index (χ0) is 86.7. The van der Waals surface area contributed by atoms with Crippen LogP contribution in [0.3, 0.4) is 0 Å². The Morgan fingerprint density at radius 3 is 1.10 bits per heavy atom. The normalized spacial score (nSPS) is 12.2. The molecule has 0 spiro atoms. The van der Waals surface area contributed by atoms with Gasteiger partial charge in [-0.2, -0.15) is 54.0 Å². The van der Waals surface area contributed by atoms with Crippen LogP contribution in [0.5, 0.6) is 11.5 Å². The molecule has 652 valence electrons. The lowest BCUT2D eigenvalue weighted by Gasteiger charge is -2.18. The second-order valence-corrected chi connectivity index (χ2v) is 29.8. The number of hydrogen-bond acceptors (Lipinski definition) is 14. The largest absolute Gasteiger partial charge is 0.496 e. The van der Waals surface area contributed by atoms with Crippen molar-refractivity contribution in [2.24, 2.45) is 28.2 Å². The third kappa shape index (κ3) is 22.7. The molecule has 0 fully saturated rings. The summed E-state index contributed by atoms with van der Waals surface area (Å²) in [5, 5.41) is 91.6. The highest BCUT2D eigenvalue weighted by Gasteiger charge is 2.29. The summed E-state index contributed by atoms with van der Waals surface area (Å²) in [6, 6.07) is 36.6. The predicted molar refractivity (Wildman–Crippen MR) is 492 cm³/mol. The van der Waals surface area contributed by atoms with E-state index < -0.39 is 90.7 Å². The number of aliphatic carboxylic acids is 2. The number of carbonyl (C=O) groups is 8. The van der Waals surface area contributed by atoms with E-state index in [1.165, 1.54) is 37.4 Å². The lowest BCUT2D eigenvalue weighted by Crippen LogP contribution is -2.32. The molecule has 12 aromatic rings. The lowest BCUT2D eigenvalue weighted by molar-refractivity contribution is -0.139. The number of fused-ring (bicyclic) bond motifs is 4. The highest BCUT2D eigenvalue weighted by atomic mass is 35.5. The first-order valence-electron chi connectivity index (χ1n) is 35.9. The topological polar surface area (TPSA) is 385 Å². The standard InChI is InChI=1S/C22H22Cl2N2O4.C21H20Cl2N2O5.C21H20Cl2N2O4.C20H18ClFN2O5.4H2S/c1-3-14(22(29)30)12-4-6-13(7-5-12)17(11-27)25-21(28)19-10-15-18(26(19)2)9-8-16(23)20(15)24;1-10-18(30-3)8-16-13(19(10)23)7-17(25(16)2)20(27)24-15(9-26)12-5-4-11(21(28)29)6-14(12)22;1-11(21(28)29)12-3-5-13(6-4-12)16(10-26)24-20(27)18-9-14-17(25(18)2)8-7-15(22)19(14)23;1-24-15-5-6-17(29-2)18(21)12(15)8-16(24)19(26)23-14(9-25)11-4-3-10(20(27)28)7-13(11)22;;;;/h4-10,14,17,27H,3,11H2,1-2H3,(H,25,28)(H,29,30);4-8,15,26H,9H2,1-3H3,(H,24,27)(H,28,29);3-9,11,16,26H,10H2,1-2H3,(H,24,27)(H,28,29);3-8,14,25H,9H2,1-2H3,(H,23,26)(H,27,28);4*1H2/t14?,17-;15-;11?,16-;14-;;;;/m1111..../s1. The van der Waals surface area contributed by atoms with Crippen LogP contribution in [0.2, 0.25) is 35.2 Å². The van der Waals surface area contributed by atoms with Gasteiger partial charge in [0.2, 0.25) is 0 Å². The minimum Gasteiger partial charge on any atom is -0.496 e. The highest BCUT2D eigenvalue weighted by Crippen LogP contribution is 2.40. The van der Waals surface area contributed by atoms with Gasteiger partial charge in [0.25, 0.3) is 23.6 Å². The number of nitrogens with zero attached hydrogens (tertiary/aromatic N) is 4. The van der Waals surface area contributed by atoms with Crippen molar-refractivity contribution >= 4 is 226 Å². The quantitative estimate of drug-likeness (QED) is 0.0253. The van der Waals surface area contributed by atoms with E-state index in [9.17, 15) is 68.3 Å². The third-order valence-corrected chi connectivity index (χ3v) is 22.9. The van der Waals surface area contributed by atoms with Crippen molar-refractivity contribution < 1.29 is 93.1 Å². The maximum Gasteiger partial charge on any atom is 0.335 e. The lowest BCUT2D eigenvalue weighted by atomic mass is 9.94. The van der Waals surface area contributed by atoms with Gasteiger partial charge in [0.05, 0.1) is 129 Å². The number of aliphatic hydroxyl groups excluding tert-OH is 4. The summed E-state index contributed by atoms with van der Waals surface area (Å²) in [4.78, 5) is 96.0. The number of benzene rings is 8. The molecule has 0 saturated carbocycles. The van der Waals surface area contributed by atoms with Crippen LogP contribution in [0.25, 0.3) is 43.6 Å². The average Bonchev–Trinajstić information content (AvgIpc) is 1.62. The molecule has 0 saturated heterocycles. The Labute approximate surface area is 762 Å². The molecule has 38 heteroatoms. The van der Waals surface area contributed by atoms with Gasteiger partial charge in [0.1, 0.15) is 40.1 Å². The number of aromatic nitrogens is 4. The molecule has 8 aromatic carbocycles. The van der Waals surface area contributed by atoms with Gasteiger partial charge in [0, 0.05) is 83.0 Å². The van der Waals surface area contributed by atoms with Crippen LogP contribution in [0.1, 0.15) is 158 Å². The number of carbonyl (C=O) groups excluding carboxylic acids is 4. The molecule has 4 heterocycles. The summed E-state index contributed by atoms with van der Waals surface area (Å²) >= 11 is 43.6. The zero-order valence-corrected chi connectivity index (χ0v) is 75.7. The fraction of sp³-hybridized carbons (Fsp3) is 0.238. The molecule has 6 atom stereocenters. The third-order valence-electron chi connectivity index (χ3n) is 20.1. The van der Waals surface area contributed by atoms with E-state index >= 15 is 0 Å². The minimum absolute atomic E-state index is 0. The molecule has 0 aliphatic carbocycles. The summed E-state index contributed by atoms with van der Waals surface area (Å²) in [7, 11) is 9.94. The summed E-state index contributed by atoms with van der Waals surface area (Å²) in [5.41, 5.74) is 7.86. The number of aromatic carboxylic acids is 2. The first-order valence-corrected chi connectivity index (χ1v) is 38.5. The number of methoxy groups -OCH3 is 2. The molecular weight excluding hydrogens is 1800 g/mol. The van der Waals surface area contributed by atoms with Gasteiger partial charge in [0.15, 0.2) is 0 Å². The maximum absolute atomic E-state index is 14.3. The summed E-state index contributed by atoms with van der Waals surface area (Å²) in [6.45, 7) is 3.63. The van der Waals surface area contributed by atoms with E-state index in [0.717, 1.165) is 28.2 Å². The Morgan fingerprint density at radius 1 is 0.393 bits per heavy atom. The van der Waals surface area contributed by atoms with Gasteiger partial charge >= 0.3 is 23.9 Å². The highest BCUT2D eigenvalue weighted by molar-refractivity contribution is 7.59. The predicted octanol–water partition coefficient (Wildman–Crippen LogP) is 16.2. The smallest absolute Gasteiger partial charge is 0.335 e. The molecular formula is C84H88Cl7FN8O18S4. The van der Waals surface area contributed by atoms with Crippen molar-refractivity contribution in [2.45, 2.75) is 63.2 Å². The Balaban J connectivity index is 0.000000286. The number of halogens is 8. The van der Waals surface area contributed by atoms with Crippen molar-refractivity contribution in [3.8, 4) is 11.5 Å². The maximum atomic E-state index is 14.3. The van der Waals surface area contributed by atoms with Gasteiger partial charge in [-0.1, -0.05) is 149 Å². The van der Waals surface area contributed by atoms with Gasteiger partial charge in [-0.25, -0.2) is 14.0 Å². The van der Waals surface area contributed by atoms with Crippen LogP contribution in [0, 0.1) is 12.7 Å². The van der Waals surface area contributed by atoms with Gasteiger partial charge in [-0.3, -0.25) is 28.8 Å². The van der Waals surface area contributed by atoms with Crippen molar-refractivity contribution in [3.05, 3.63) is 265 Å². The molecule has 0 aliphatic heterocycles. The molecule has 0 bridgehead atoms. The van der Waals surface area contributed by atoms with E-state index in [-0.39, 0.29) is 106 Å². The van der Waals surface area contributed by atoms with Gasteiger partial charge < -0.3 is 89.9 Å². The van der Waals surface area contributed by atoms with E-state index in [2.05, 4.69) is 21.3 Å². The molecule has 4 amide bonds. The number of nitrogens with one attached hydrogen (secondary N) is 4. The summed E-state index contributed by atoms with van der Waals surface area (Å²) in [5.74, 6) is -6.94. The van der Waals surface area contributed by atoms with Crippen molar-refractivity contribution in [1.29, 1.82) is 0 Å². The van der Waals surface area contributed by atoms with Crippen LogP contribution in [-0.4, -0.2) is 147 Å². The molecule has 122 heavy (non-hydrogen) atoms.